The van der Waals surface area contributed by atoms with E-state index in [0.717, 1.165) is 24.8 Å². The van der Waals surface area contributed by atoms with E-state index in [-0.39, 0.29) is 36.1 Å². The molecule has 0 unspecified atom stereocenters. The number of benzene rings is 1. The largest absolute Gasteiger partial charge is 0.469 e. The van der Waals surface area contributed by atoms with Crippen LogP contribution >= 0.6 is 0 Å². The van der Waals surface area contributed by atoms with Gasteiger partial charge >= 0.3 is 11.9 Å². The molecular formula is C20H26O4. The maximum atomic E-state index is 12.4. The zero-order chi connectivity index (χ0) is 17.3. The van der Waals surface area contributed by atoms with Gasteiger partial charge in [-0.25, -0.2) is 0 Å². The molecule has 24 heavy (non-hydrogen) atoms. The van der Waals surface area contributed by atoms with Crippen LogP contribution in [-0.4, -0.2) is 26.2 Å². The Morgan fingerprint density at radius 1 is 1.08 bits per heavy atom. The summed E-state index contributed by atoms with van der Waals surface area (Å²) in [6, 6.07) is 4.33. The molecule has 2 aliphatic carbocycles. The van der Waals surface area contributed by atoms with Crippen LogP contribution < -0.4 is 0 Å². The van der Waals surface area contributed by atoms with E-state index in [0.29, 0.717) is 0 Å². The van der Waals surface area contributed by atoms with Crippen molar-refractivity contribution in [3.05, 3.63) is 34.4 Å². The van der Waals surface area contributed by atoms with E-state index in [1.54, 1.807) is 0 Å². The topological polar surface area (TPSA) is 52.6 Å². The Balaban J connectivity index is 2.07. The first-order chi connectivity index (χ1) is 11.6. The lowest BCUT2D eigenvalue weighted by Gasteiger charge is -2.38. The second kappa shape index (κ2) is 6.96. The van der Waals surface area contributed by atoms with E-state index in [2.05, 4.69) is 19.1 Å². The molecule has 0 aromatic heterocycles. The fourth-order valence-electron chi connectivity index (χ4n) is 4.58. The lowest BCUT2D eigenvalue weighted by atomic mass is 9.66. The van der Waals surface area contributed by atoms with Crippen LogP contribution in [0.1, 0.15) is 54.4 Å². The van der Waals surface area contributed by atoms with Crippen molar-refractivity contribution in [1.82, 2.24) is 0 Å². The molecule has 0 radical (unpaired) electrons. The quantitative estimate of drug-likeness (QED) is 0.799. The number of carbonyl (C=O) groups is 2. The van der Waals surface area contributed by atoms with Gasteiger partial charge in [-0.2, -0.15) is 0 Å². The van der Waals surface area contributed by atoms with Crippen LogP contribution in [0.25, 0.3) is 0 Å². The van der Waals surface area contributed by atoms with Crippen LogP contribution in [0.5, 0.6) is 0 Å². The molecule has 1 aromatic carbocycles. The van der Waals surface area contributed by atoms with Gasteiger partial charge in [-0.05, 0) is 60.3 Å². The van der Waals surface area contributed by atoms with Crippen LogP contribution in [0.4, 0.5) is 0 Å². The molecule has 1 aromatic rings. The van der Waals surface area contributed by atoms with Gasteiger partial charge in [0.05, 0.1) is 26.6 Å². The Kier molecular flexibility index (Phi) is 4.93. The molecule has 0 aliphatic heterocycles. The molecular weight excluding hydrogens is 304 g/mol. The highest BCUT2D eigenvalue weighted by Gasteiger charge is 2.42. The zero-order valence-electron chi connectivity index (χ0n) is 14.8. The van der Waals surface area contributed by atoms with Gasteiger partial charge in [0.1, 0.15) is 0 Å². The van der Waals surface area contributed by atoms with E-state index >= 15 is 0 Å². The van der Waals surface area contributed by atoms with Crippen molar-refractivity contribution in [2.24, 2.45) is 11.8 Å². The number of carbonyl (C=O) groups excluding carboxylic acids is 2. The van der Waals surface area contributed by atoms with E-state index in [9.17, 15) is 9.59 Å². The molecule has 0 spiro atoms. The minimum Gasteiger partial charge on any atom is -0.469 e. The lowest BCUT2D eigenvalue weighted by molar-refractivity contribution is -0.150. The van der Waals surface area contributed by atoms with E-state index in [4.69, 9.17) is 9.47 Å². The van der Waals surface area contributed by atoms with Crippen LogP contribution in [0.15, 0.2) is 12.1 Å². The average Bonchev–Trinajstić information content (AvgIpc) is 2.60. The fraction of sp³-hybridized carbons (Fsp3) is 0.600. The van der Waals surface area contributed by atoms with Gasteiger partial charge in [-0.3, -0.25) is 9.59 Å². The molecule has 0 bridgehead atoms. The predicted molar refractivity (Wildman–Crippen MR) is 90.8 cm³/mol. The minimum absolute atomic E-state index is 0.157. The number of aryl methyl sites for hydroxylation is 1. The van der Waals surface area contributed by atoms with Gasteiger partial charge in [0.2, 0.25) is 0 Å². The molecule has 0 amide bonds. The van der Waals surface area contributed by atoms with E-state index < -0.39 is 0 Å². The molecule has 0 fully saturated rings. The highest BCUT2D eigenvalue weighted by molar-refractivity contribution is 5.78. The molecule has 2 aliphatic rings. The first kappa shape index (κ1) is 17.0. The second-order valence-corrected chi connectivity index (χ2v) is 7.10. The van der Waals surface area contributed by atoms with Gasteiger partial charge in [0.25, 0.3) is 0 Å². The van der Waals surface area contributed by atoms with Crippen molar-refractivity contribution in [3.8, 4) is 0 Å². The van der Waals surface area contributed by atoms with Crippen LogP contribution in [0, 0.1) is 11.8 Å². The summed E-state index contributed by atoms with van der Waals surface area (Å²) in [7, 11) is 2.82. The van der Waals surface area contributed by atoms with Crippen LogP contribution in [0.3, 0.4) is 0 Å². The summed E-state index contributed by atoms with van der Waals surface area (Å²) >= 11 is 0. The van der Waals surface area contributed by atoms with E-state index in [1.165, 1.54) is 43.8 Å². The molecule has 3 atom stereocenters. The summed E-state index contributed by atoms with van der Waals surface area (Å²) in [6.07, 6.45) is 5.83. The number of fused-ring (bicyclic) bond motifs is 3. The summed E-state index contributed by atoms with van der Waals surface area (Å²) < 4.78 is 9.93. The third-order valence-corrected chi connectivity index (χ3v) is 5.75. The maximum absolute atomic E-state index is 12.4. The van der Waals surface area contributed by atoms with E-state index in [1.807, 2.05) is 0 Å². The maximum Gasteiger partial charge on any atom is 0.309 e. The van der Waals surface area contributed by atoms with Gasteiger partial charge in [-0.15, -0.1) is 0 Å². The third-order valence-electron chi connectivity index (χ3n) is 5.75. The Hall–Kier alpha value is -1.84. The zero-order valence-corrected chi connectivity index (χ0v) is 14.8. The average molecular weight is 330 g/mol. The summed E-state index contributed by atoms with van der Waals surface area (Å²) in [6.45, 7) is 2.09. The molecule has 130 valence electrons. The molecule has 0 heterocycles. The van der Waals surface area contributed by atoms with Gasteiger partial charge in [-0.1, -0.05) is 19.1 Å². The first-order valence-electron chi connectivity index (χ1n) is 8.85. The van der Waals surface area contributed by atoms with Crippen molar-refractivity contribution in [1.29, 1.82) is 0 Å². The summed E-state index contributed by atoms with van der Waals surface area (Å²) in [5.74, 6) is -0.779. The Morgan fingerprint density at radius 3 is 2.54 bits per heavy atom. The number of methoxy groups -OCH3 is 2. The van der Waals surface area contributed by atoms with Crippen molar-refractivity contribution in [2.45, 2.75) is 51.4 Å². The molecule has 4 nitrogen and oxygen atoms in total. The Morgan fingerprint density at radius 2 is 1.83 bits per heavy atom. The first-order valence-corrected chi connectivity index (χ1v) is 8.85. The van der Waals surface area contributed by atoms with Crippen molar-refractivity contribution >= 4 is 11.9 Å². The van der Waals surface area contributed by atoms with Crippen LogP contribution in [0.2, 0.25) is 0 Å². The molecule has 0 saturated heterocycles. The molecule has 0 N–H and O–H groups in total. The van der Waals surface area contributed by atoms with Gasteiger partial charge in [0.15, 0.2) is 0 Å². The van der Waals surface area contributed by atoms with Gasteiger partial charge < -0.3 is 9.47 Å². The highest BCUT2D eigenvalue weighted by Crippen LogP contribution is 2.45. The number of ether oxygens (including phenoxy) is 2. The second-order valence-electron chi connectivity index (χ2n) is 7.10. The van der Waals surface area contributed by atoms with Gasteiger partial charge in [0, 0.05) is 5.92 Å². The highest BCUT2D eigenvalue weighted by atomic mass is 16.5. The molecule has 4 heteroatoms. The summed E-state index contributed by atoms with van der Waals surface area (Å²) in [5, 5.41) is 0. The smallest absolute Gasteiger partial charge is 0.309 e. The fourth-order valence-corrected chi connectivity index (χ4v) is 4.58. The van der Waals surface area contributed by atoms with Crippen molar-refractivity contribution < 1.29 is 19.1 Å². The Labute approximate surface area is 143 Å². The standard InChI is InChI=1S/C20H26O4/c1-12-10-16-14-7-5-4-6-13(14)8-9-15(16)17(11-18(21)23-2)19(12)20(22)24-3/h8-9,12,17,19H,4-7,10-11H2,1-3H3/t12-,17+,19+/m0/s1. The number of hydrogen-bond acceptors (Lipinski definition) is 4. The summed E-state index contributed by atoms with van der Waals surface area (Å²) in [5.41, 5.74) is 5.42. The summed E-state index contributed by atoms with van der Waals surface area (Å²) in [4.78, 5) is 24.3. The normalized spacial score (nSPS) is 25.4. The Bertz CT molecular complexity index is 649. The third kappa shape index (κ3) is 2.94. The van der Waals surface area contributed by atoms with Crippen LogP contribution in [-0.2, 0) is 38.3 Å². The number of esters is 2. The molecule has 3 rings (SSSR count). The van der Waals surface area contributed by atoms with Crippen molar-refractivity contribution in [2.75, 3.05) is 14.2 Å². The minimum atomic E-state index is -0.289. The number of hydrogen-bond donors (Lipinski definition) is 0. The molecule has 0 saturated carbocycles. The SMILES string of the molecule is COC(=O)C[C@@H]1c2ccc3c(c2C[C@H](C)[C@H]1C(=O)OC)CCCC3. The van der Waals surface area contributed by atoms with Crippen molar-refractivity contribution in [3.63, 3.8) is 0 Å². The number of rotatable bonds is 3. The monoisotopic (exact) mass is 330 g/mol. The predicted octanol–water partition coefficient (Wildman–Crippen LogP) is 3.19. The lowest BCUT2D eigenvalue weighted by Crippen LogP contribution is -2.37.